The van der Waals surface area contributed by atoms with Crippen molar-refractivity contribution in [2.75, 3.05) is 13.2 Å². The number of terminal acetylenes is 1. The van der Waals surface area contributed by atoms with Crippen molar-refractivity contribution in [1.82, 2.24) is 5.32 Å². The van der Waals surface area contributed by atoms with Crippen molar-refractivity contribution in [3.8, 4) is 18.1 Å². The molecule has 0 saturated heterocycles. The third-order valence-corrected chi connectivity index (χ3v) is 3.95. The molecule has 0 fully saturated rings. The molecule has 0 radical (unpaired) electrons. The summed E-state index contributed by atoms with van der Waals surface area (Å²) in [5.74, 6) is 4.12. The molecular formula is C17H20BrNO. The van der Waals surface area contributed by atoms with Crippen LogP contribution < -0.4 is 10.1 Å². The summed E-state index contributed by atoms with van der Waals surface area (Å²) in [6.45, 7) is 2.16. The van der Waals surface area contributed by atoms with Gasteiger partial charge in [-0.05, 0) is 49.9 Å². The number of halogens is 1. The Morgan fingerprint density at radius 1 is 1.40 bits per heavy atom. The lowest BCUT2D eigenvalue weighted by Crippen LogP contribution is -2.23. The highest BCUT2D eigenvalue weighted by Gasteiger charge is 2.10. The number of nitrogens with one attached hydrogen (secondary N) is 1. The molecule has 1 aliphatic carbocycles. The van der Waals surface area contributed by atoms with Gasteiger partial charge in [-0.15, -0.1) is 6.42 Å². The Morgan fingerprint density at radius 2 is 2.30 bits per heavy atom. The predicted molar refractivity (Wildman–Crippen MR) is 86.7 cm³/mol. The van der Waals surface area contributed by atoms with Gasteiger partial charge < -0.3 is 10.1 Å². The molecule has 1 atom stereocenters. The molecule has 106 valence electrons. The topological polar surface area (TPSA) is 21.3 Å². The molecule has 0 aromatic heterocycles. The Bertz CT molecular complexity index is 504. The maximum absolute atomic E-state index is 5.58. The number of rotatable bonds is 6. The number of hydrogen-bond donors (Lipinski definition) is 1. The van der Waals surface area contributed by atoms with Crippen LogP contribution in [-0.2, 0) is 6.54 Å². The molecule has 0 bridgehead atoms. The minimum absolute atomic E-state index is 0.308. The van der Waals surface area contributed by atoms with Crippen LogP contribution in [0.2, 0.25) is 0 Å². The van der Waals surface area contributed by atoms with Gasteiger partial charge in [0.25, 0.3) is 0 Å². The molecule has 20 heavy (non-hydrogen) atoms. The lowest BCUT2D eigenvalue weighted by molar-refractivity contribution is 0.363. The second-order valence-electron chi connectivity index (χ2n) is 5.03. The first-order chi connectivity index (χ1) is 9.79. The van der Waals surface area contributed by atoms with E-state index in [1.165, 1.54) is 19.3 Å². The van der Waals surface area contributed by atoms with Gasteiger partial charge in [0.05, 0.1) is 0 Å². The van der Waals surface area contributed by atoms with E-state index in [4.69, 9.17) is 11.2 Å². The summed E-state index contributed by atoms with van der Waals surface area (Å²) in [5, 5.41) is 3.53. The van der Waals surface area contributed by atoms with Crippen LogP contribution in [0.4, 0.5) is 0 Å². The molecule has 1 aliphatic rings. The monoisotopic (exact) mass is 333 g/mol. The van der Waals surface area contributed by atoms with Gasteiger partial charge in [0, 0.05) is 16.6 Å². The van der Waals surface area contributed by atoms with Gasteiger partial charge in [-0.3, -0.25) is 0 Å². The normalized spacial score (nSPS) is 17.7. The largest absolute Gasteiger partial charge is 0.481 e. The van der Waals surface area contributed by atoms with Crippen molar-refractivity contribution in [3.63, 3.8) is 0 Å². The summed E-state index contributed by atoms with van der Waals surface area (Å²) < 4.78 is 6.63. The van der Waals surface area contributed by atoms with Crippen LogP contribution >= 0.6 is 15.9 Å². The molecule has 1 aromatic rings. The van der Waals surface area contributed by atoms with E-state index in [-0.39, 0.29) is 0 Å². The van der Waals surface area contributed by atoms with Crippen molar-refractivity contribution < 1.29 is 4.74 Å². The van der Waals surface area contributed by atoms with E-state index in [1.54, 1.807) is 0 Å². The smallest absolute Gasteiger partial charge is 0.148 e. The second kappa shape index (κ2) is 8.14. The predicted octanol–water partition coefficient (Wildman–Crippen LogP) is 3.91. The third-order valence-electron chi connectivity index (χ3n) is 3.46. The van der Waals surface area contributed by atoms with E-state index < -0.39 is 0 Å². The van der Waals surface area contributed by atoms with Gasteiger partial charge in [-0.25, -0.2) is 0 Å². The van der Waals surface area contributed by atoms with Gasteiger partial charge in [0.2, 0.25) is 0 Å². The average Bonchev–Trinajstić information content (AvgIpc) is 2.47. The molecule has 1 unspecified atom stereocenters. The second-order valence-corrected chi connectivity index (χ2v) is 5.94. The number of ether oxygens (including phenoxy) is 1. The lowest BCUT2D eigenvalue weighted by atomic mass is 9.94. The maximum Gasteiger partial charge on any atom is 0.148 e. The zero-order valence-corrected chi connectivity index (χ0v) is 13.2. The van der Waals surface area contributed by atoms with Crippen LogP contribution in [0, 0.1) is 18.3 Å². The molecule has 2 rings (SSSR count). The van der Waals surface area contributed by atoms with Crippen LogP contribution in [0.25, 0.3) is 0 Å². The van der Waals surface area contributed by atoms with Crippen LogP contribution in [0.5, 0.6) is 5.75 Å². The fraction of sp³-hybridized carbons (Fsp3) is 0.412. The molecule has 1 aromatic carbocycles. The summed E-state index contributed by atoms with van der Waals surface area (Å²) in [6.07, 6.45) is 13.5. The number of allylic oxidation sites excluding steroid dienone is 2. The average molecular weight is 334 g/mol. The SMILES string of the molecule is C#CCOc1ccc(Br)cc1CNCC1CC=CCC1. The fourth-order valence-electron chi connectivity index (χ4n) is 2.40. The van der Waals surface area contributed by atoms with E-state index in [0.717, 1.165) is 34.8 Å². The highest BCUT2D eigenvalue weighted by Crippen LogP contribution is 2.23. The molecule has 0 spiro atoms. The first kappa shape index (κ1) is 15.2. The Morgan fingerprint density at radius 3 is 3.05 bits per heavy atom. The standard InChI is InChI=1S/C17H20BrNO/c1-2-10-20-17-9-8-16(18)11-15(17)13-19-12-14-6-4-3-5-7-14/h1,3-4,8-9,11,14,19H,5-7,10,12-13H2. The van der Waals surface area contributed by atoms with Crippen molar-refractivity contribution in [2.24, 2.45) is 5.92 Å². The maximum atomic E-state index is 5.58. The fourth-order valence-corrected chi connectivity index (χ4v) is 2.81. The summed E-state index contributed by atoms with van der Waals surface area (Å²) in [6, 6.07) is 6.02. The minimum atomic E-state index is 0.308. The Balaban J connectivity index is 1.88. The van der Waals surface area contributed by atoms with Crippen LogP contribution in [0.15, 0.2) is 34.8 Å². The minimum Gasteiger partial charge on any atom is -0.481 e. The zero-order chi connectivity index (χ0) is 14.2. The zero-order valence-electron chi connectivity index (χ0n) is 11.6. The number of hydrogen-bond acceptors (Lipinski definition) is 2. The summed E-state index contributed by atoms with van der Waals surface area (Å²) in [4.78, 5) is 0. The Kier molecular flexibility index (Phi) is 6.17. The van der Waals surface area contributed by atoms with Gasteiger partial charge in [-0.1, -0.05) is 34.0 Å². The van der Waals surface area contributed by atoms with Gasteiger partial charge in [0.15, 0.2) is 0 Å². The van der Waals surface area contributed by atoms with E-state index >= 15 is 0 Å². The Hall–Kier alpha value is -1.24. The van der Waals surface area contributed by atoms with E-state index in [1.807, 2.05) is 12.1 Å². The van der Waals surface area contributed by atoms with Crippen molar-refractivity contribution >= 4 is 15.9 Å². The van der Waals surface area contributed by atoms with Gasteiger partial charge in [-0.2, -0.15) is 0 Å². The molecule has 0 saturated carbocycles. The van der Waals surface area contributed by atoms with E-state index in [9.17, 15) is 0 Å². The quantitative estimate of drug-likeness (QED) is 0.629. The van der Waals surface area contributed by atoms with Crippen LogP contribution in [0.3, 0.4) is 0 Å². The molecular weight excluding hydrogens is 314 g/mol. The molecule has 0 heterocycles. The highest BCUT2D eigenvalue weighted by molar-refractivity contribution is 9.10. The summed E-state index contributed by atoms with van der Waals surface area (Å²) >= 11 is 3.50. The highest BCUT2D eigenvalue weighted by atomic mass is 79.9. The molecule has 0 amide bonds. The molecule has 2 nitrogen and oxygen atoms in total. The van der Waals surface area contributed by atoms with Crippen molar-refractivity contribution in [2.45, 2.75) is 25.8 Å². The molecule has 1 N–H and O–H groups in total. The van der Waals surface area contributed by atoms with Gasteiger partial charge in [0.1, 0.15) is 12.4 Å². The first-order valence-corrected chi connectivity index (χ1v) is 7.79. The number of benzene rings is 1. The third kappa shape index (κ3) is 4.70. The first-order valence-electron chi connectivity index (χ1n) is 7.00. The van der Waals surface area contributed by atoms with E-state index in [0.29, 0.717) is 6.61 Å². The molecule has 3 heteroatoms. The van der Waals surface area contributed by atoms with Crippen molar-refractivity contribution in [1.29, 1.82) is 0 Å². The van der Waals surface area contributed by atoms with Crippen LogP contribution in [-0.4, -0.2) is 13.2 Å². The van der Waals surface area contributed by atoms with Gasteiger partial charge >= 0.3 is 0 Å². The summed E-state index contributed by atoms with van der Waals surface area (Å²) in [5.41, 5.74) is 1.14. The Labute approximate surface area is 129 Å². The van der Waals surface area contributed by atoms with Crippen molar-refractivity contribution in [3.05, 3.63) is 40.4 Å². The van der Waals surface area contributed by atoms with Crippen LogP contribution in [0.1, 0.15) is 24.8 Å². The van der Waals surface area contributed by atoms with E-state index in [2.05, 4.69) is 45.4 Å². The lowest BCUT2D eigenvalue weighted by Gasteiger charge is -2.19. The summed E-state index contributed by atoms with van der Waals surface area (Å²) in [7, 11) is 0. The molecule has 0 aliphatic heterocycles.